The number of fused-ring (bicyclic) bond motifs is 2. The number of alkyl halides is 4. The lowest BCUT2D eigenvalue weighted by Gasteiger charge is -2.35. The third-order valence-electron chi connectivity index (χ3n) is 15.1. The van der Waals surface area contributed by atoms with Crippen LogP contribution in [0.5, 0.6) is 0 Å². The summed E-state index contributed by atoms with van der Waals surface area (Å²) >= 11 is 0. The van der Waals surface area contributed by atoms with Crippen LogP contribution in [0.15, 0.2) is 92.5 Å². The average molecular weight is 1140 g/mol. The van der Waals surface area contributed by atoms with Gasteiger partial charge in [0.05, 0.1) is 36.6 Å². The second kappa shape index (κ2) is 25.1. The second-order valence-electron chi connectivity index (χ2n) is 21.1. The second-order valence-corrected chi connectivity index (χ2v) is 21.1. The van der Waals surface area contributed by atoms with Gasteiger partial charge in [0, 0.05) is 90.1 Å². The first-order valence-electron chi connectivity index (χ1n) is 28.2. The van der Waals surface area contributed by atoms with Crippen LogP contribution in [0.1, 0.15) is 128 Å². The van der Waals surface area contributed by atoms with Crippen molar-refractivity contribution in [1.82, 2.24) is 56.9 Å². The molecule has 82 heavy (non-hydrogen) atoms. The summed E-state index contributed by atoms with van der Waals surface area (Å²) < 4.78 is 91.6. The number of aryl methyl sites for hydroxylation is 2. The molecule has 440 valence electrons. The molecule has 2 aliphatic rings. The maximum atomic E-state index is 13.9. The Kier molecular flexibility index (Phi) is 18.1. The summed E-state index contributed by atoms with van der Waals surface area (Å²) in [6, 6.07) is 12.5. The first kappa shape index (κ1) is 59.3. The highest BCUT2D eigenvalue weighted by atomic mass is 19.3. The molecule has 10 rings (SSSR count). The van der Waals surface area contributed by atoms with Crippen molar-refractivity contribution in [3.8, 4) is 22.8 Å². The van der Waals surface area contributed by atoms with Crippen LogP contribution >= 0.6 is 0 Å². The number of hydrogen-bond donors (Lipinski definition) is 0. The number of ether oxygens (including phenoxy) is 4. The highest BCUT2D eigenvalue weighted by Crippen LogP contribution is 2.35. The van der Waals surface area contributed by atoms with Crippen LogP contribution in [0, 0.1) is 0 Å². The monoisotopic (exact) mass is 1140 g/mol. The van der Waals surface area contributed by atoms with Gasteiger partial charge in [-0.1, -0.05) is 56.7 Å². The lowest BCUT2D eigenvalue weighted by molar-refractivity contribution is -0.254. The van der Waals surface area contributed by atoms with E-state index in [-0.39, 0.29) is 73.1 Å². The number of halogens is 4. The molecule has 1 aliphatic heterocycles. The van der Waals surface area contributed by atoms with Crippen molar-refractivity contribution in [3.05, 3.63) is 137 Å². The highest BCUT2D eigenvalue weighted by Gasteiger charge is 2.35. The molecule has 1 saturated carbocycles. The number of rotatable bonds is 21. The molecule has 2 fully saturated rings. The van der Waals surface area contributed by atoms with Crippen molar-refractivity contribution in [1.29, 1.82) is 0 Å². The smallest absolute Gasteiger partial charge is 0.332 e. The number of aromatic nitrogens is 12. The average Bonchev–Trinajstić information content (AvgIpc) is 2.77. The molecule has 1 saturated heterocycles. The molecule has 0 bridgehead atoms. The summed E-state index contributed by atoms with van der Waals surface area (Å²) in [5.41, 5.74) is 1.82. The van der Waals surface area contributed by atoms with Gasteiger partial charge < -0.3 is 18.9 Å². The van der Waals surface area contributed by atoms with Gasteiger partial charge in [0.15, 0.2) is 34.4 Å². The Labute approximate surface area is 470 Å². The minimum atomic E-state index is -2.95. The summed E-state index contributed by atoms with van der Waals surface area (Å²) in [5.74, 6) is -5.84. The van der Waals surface area contributed by atoms with E-state index < -0.39 is 46.4 Å². The summed E-state index contributed by atoms with van der Waals surface area (Å²) in [5, 5.41) is 8.89. The Bertz CT molecular complexity index is 3770. The molecule has 0 radical (unpaired) electrons. The van der Waals surface area contributed by atoms with Gasteiger partial charge in [0.2, 0.25) is 0 Å². The first-order valence-corrected chi connectivity index (χ1v) is 28.2. The Balaban J connectivity index is 0.000000198. The van der Waals surface area contributed by atoms with Gasteiger partial charge in [-0.25, -0.2) is 37.1 Å². The predicted octanol–water partition coefficient (Wildman–Crippen LogP) is 9.41. The van der Waals surface area contributed by atoms with E-state index in [0.717, 1.165) is 65.2 Å². The van der Waals surface area contributed by atoms with Crippen molar-refractivity contribution < 1.29 is 36.5 Å². The molecule has 2 aromatic carbocycles. The van der Waals surface area contributed by atoms with Gasteiger partial charge >= 0.3 is 11.4 Å². The lowest BCUT2D eigenvalue weighted by atomic mass is 9.94. The molecule has 8 aromatic rings. The number of nitrogens with zero attached hydrogens (tertiary/aromatic N) is 12. The molecule has 0 N–H and O–H groups in total. The van der Waals surface area contributed by atoms with Gasteiger partial charge in [0.25, 0.3) is 23.0 Å². The van der Waals surface area contributed by atoms with Gasteiger partial charge in [0.1, 0.15) is 25.1 Å². The standard InChI is InChI=1S/C30H38F2N6O4.C28H34F2N6O4/c1-5-15-37-27(39)24-26(36(6-2)28(37)40)34-25(38(24)20-42-30(41-4)13-8-7-9-14-30)22-17-33-35(19-22)18-21-11-10-12-23(16-21)29(3,31)32;1-4-12-35-26(37)23-25(34(5-2)27(35)38)32-24(36(23)18-40-22-11-6-7-13-39-22)20-15-31-33(17-20)16-19-9-8-10-21(14-19)28(3,29)30/h10-12,16-17,19H,5-9,13-15,18,20H2,1-4H3;8-10,14-15,17,22H,4-7,11-13,16,18H2,1-3H3. The van der Waals surface area contributed by atoms with E-state index in [1.165, 1.54) is 42.5 Å². The van der Waals surface area contributed by atoms with Gasteiger partial charge in [-0.3, -0.25) is 46.4 Å². The van der Waals surface area contributed by atoms with Crippen molar-refractivity contribution in [2.75, 3.05) is 13.7 Å². The Morgan fingerprint density at radius 3 is 1.55 bits per heavy atom. The SMILES string of the molecule is CCCn1c(=O)c2c(nc(-c3cnn(Cc4cccc(C(C)(F)F)c4)c3)n2COC2(OC)CCCCC2)n(CC)c1=O.CCCn1c(=O)c2c(nc(-c3cnn(Cc4cccc(C(C)(F)F)c4)c3)n2COC2CCCCO2)n(CC)c1=O. The fourth-order valence-electron chi connectivity index (χ4n) is 10.8. The zero-order valence-corrected chi connectivity index (χ0v) is 47.6. The molecule has 0 amide bonds. The highest BCUT2D eigenvalue weighted by molar-refractivity contribution is 5.78. The zero-order valence-electron chi connectivity index (χ0n) is 47.6. The van der Waals surface area contributed by atoms with Gasteiger partial charge in [-0.2, -0.15) is 10.2 Å². The van der Waals surface area contributed by atoms with Crippen LogP contribution in [-0.2, 0) is 83.5 Å². The maximum absolute atomic E-state index is 13.9. The van der Waals surface area contributed by atoms with Crippen LogP contribution < -0.4 is 22.5 Å². The van der Waals surface area contributed by atoms with E-state index in [1.54, 1.807) is 74.7 Å². The summed E-state index contributed by atoms with van der Waals surface area (Å²) in [6.07, 6.45) is 14.8. The molecule has 1 atom stereocenters. The van der Waals surface area contributed by atoms with Gasteiger partial charge in [-0.15, -0.1) is 0 Å². The van der Waals surface area contributed by atoms with E-state index in [0.29, 0.717) is 66.4 Å². The molecule has 20 nitrogen and oxygen atoms in total. The van der Waals surface area contributed by atoms with Gasteiger partial charge in [-0.05, 0) is 82.1 Å². The molecule has 1 unspecified atom stereocenters. The predicted molar refractivity (Wildman–Crippen MR) is 300 cm³/mol. The third kappa shape index (κ3) is 12.5. The first-order chi connectivity index (χ1) is 39.3. The largest absolute Gasteiger partial charge is 0.353 e. The van der Waals surface area contributed by atoms with Crippen molar-refractivity contribution in [2.45, 2.75) is 182 Å². The summed E-state index contributed by atoms with van der Waals surface area (Å²) in [6.45, 7) is 11.6. The van der Waals surface area contributed by atoms with Crippen LogP contribution in [0.25, 0.3) is 45.1 Å². The minimum absolute atomic E-state index is 0.00140. The van der Waals surface area contributed by atoms with Crippen LogP contribution in [0.3, 0.4) is 0 Å². The Morgan fingerprint density at radius 1 is 0.634 bits per heavy atom. The van der Waals surface area contributed by atoms with E-state index in [4.69, 9.17) is 28.9 Å². The number of benzene rings is 2. The van der Waals surface area contributed by atoms with Crippen LogP contribution in [0.4, 0.5) is 17.6 Å². The fraction of sp³-hybridized carbons (Fsp3) is 0.517. The van der Waals surface area contributed by atoms with Crippen molar-refractivity contribution in [3.63, 3.8) is 0 Å². The van der Waals surface area contributed by atoms with Crippen molar-refractivity contribution in [2.24, 2.45) is 0 Å². The number of methoxy groups -OCH3 is 1. The molecule has 6 aromatic heterocycles. The van der Waals surface area contributed by atoms with Crippen LogP contribution in [-0.4, -0.2) is 82.7 Å². The fourth-order valence-corrected chi connectivity index (χ4v) is 10.8. The molecule has 24 heteroatoms. The molecule has 1 aliphatic carbocycles. The van der Waals surface area contributed by atoms with Crippen LogP contribution in [0.2, 0.25) is 0 Å². The van der Waals surface area contributed by atoms with E-state index in [1.807, 2.05) is 27.7 Å². The zero-order chi connectivity index (χ0) is 58.5. The summed E-state index contributed by atoms with van der Waals surface area (Å²) in [4.78, 5) is 63.3. The van der Waals surface area contributed by atoms with E-state index in [2.05, 4.69) is 10.2 Å². The normalized spacial score (nSPS) is 15.8. The van der Waals surface area contributed by atoms with Crippen molar-refractivity contribution >= 4 is 22.3 Å². The quantitative estimate of drug-likeness (QED) is 0.0489. The molecule has 0 spiro atoms. The third-order valence-corrected chi connectivity index (χ3v) is 15.1. The Morgan fingerprint density at radius 2 is 1.12 bits per heavy atom. The topological polar surface area (TPSA) is 196 Å². The van der Waals surface area contributed by atoms with E-state index >= 15 is 0 Å². The molecule has 7 heterocycles. The molecular weight excluding hydrogens is 1070 g/mol. The molecular formula is C58H72F4N12O8. The number of hydrogen-bond acceptors (Lipinski definition) is 12. The Hall–Kier alpha value is -7.28. The van der Waals surface area contributed by atoms with E-state index in [9.17, 15) is 36.7 Å². The lowest BCUT2D eigenvalue weighted by Crippen LogP contribution is -2.41. The number of imidazole rings is 2. The maximum Gasteiger partial charge on any atom is 0.332 e. The summed E-state index contributed by atoms with van der Waals surface area (Å²) in [7, 11) is 1.63. The minimum Gasteiger partial charge on any atom is -0.353 e.